The largest absolute Gasteiger partial charge is 0.497 e. The van der Waals surface area contributed by atoms with Crippen LogP contribution in [0.4, 0.5) is 0 Å². The molecule has 2 aromatic heterocycles. The van der Waals surface area contributed by atoms with Crippen molar-refractivity contribution in [3.8, 4) is 17.2 Å². The van der Waals surface area contributed by atoms with Crippen LogP contribution in [0.25, 0.3) is 11.5 Å². The first-order chi connectivity index (χ1) is 14.4. The number of nitrogens with one attached hydrogen (secondary N) is 1. The van der Waals surface area contributed by atoms with Crippen molar-refractivity contribution in [3.63, 3.8) is 0 Å². The maximum Gasteiger partial charge on any atom is 0.235 e. The van der Waals surface area contributed by atoms with Gasteiger partial charge in [-0.2, -0.15) is 0 Å². The molecule has 8 nitrogen and oxygen atoms in total. The number of sulfone groups is 1. The standard InChI is InChI=1S/C21H23N3O5S/c1-15-19(24-21(29-15)17-5-7-18(28-2)8-6-17)13-30(26,27)14-20(25)23-11-9-16-4-3-10-22-12-16/h3-8,10,12H,9,11,13-14H2,1-2H3,(H,23,25). The van der Waals surface area contributed by atoms with Crippen LogP contribution in [0.1, 0.15) is 17.0 Å². The van der Waals surface area contributed by atoms with E-state index in [-0.39, 0.29) is 5.75 Å². The van der Waals surface area contributed by atoms with E-state index in [2.05, 4.69) is 15.3 Å². The van der Waals surface area contributed by atoms with E-state index in [1.807, 2.05) is 12.1 Å². The van der Waals surface area contributed by atoms with E-state index >= 15 is 0 Å². The second-order valence-corrected chi connectivity index (χ2v) is 8.81. The maximum absolute atomic E-state index is 12.5. The molecule has 0 aliphatic carbocycles. The Hall–Kier alpha value is -3.20. The predicted molar refractivity (Wildman–Crippen MR) is 112 cm³/mol. The van der Waals surface area contributed by atoms with Crippen LogP contribution < -0.4 is 10.1 Å². The minimum atomic E-state index is -3.70. The van der Waals surface area contributed by atoms with Crippen LogP contribution in [-0.2, 0) is 26.8 Å². The fourth-order valence-corrected chi connectivity index (χ4v) is 4.11. The quantitative estimate of drug-likeness (QED) is 0.556. The average molecular weight is 429 g/mol. The van der Waals surface area contributed by atoms with E-state index in [1.165, 1.54) is 0 Å². The highest BCUT2D eigenvalue weighted by Crippen LogP contribution is 2.25. The molecule has 0 radical (unpaired) electrons. The third-order valence-corrected chi connectivity index (χ3v) is 5.81. The second-order valence-electron chi connectivity index (χ2n) is 6.74. The number of hydrogen-bond acceptors (Lipinski definition) is 7. The number of nitrogens with zero attached hydrogens (tertiary/aromatic N) is 2. The molecule has 158 valence electrons. The summed E-state index contributed by atoms with van der Waals surface area (Å²) in [6.07, 6.45) is 3.95. The summed E-state index contributed by atoms with van der Waals surface area (Å²) < 4.78 is 35.6. The minimum absolute atomic E-state index is 0.295. The number of benzene rings is 1. The smallest absolute Gasteiger partial charge is 0.235 e. The third-order valence-electron chi connectivity index (χ3n) is 4.40. The van der Waals surface area contributed by atoms with Gasteiger partial charge in [0.25, 0.3) is 0 Å². The highest BCUT2D eigenvalue weighted by atomic mass is 32.2. The molecule has 3 aromatic rings. The van der Waals surface area contributed by atoms with Gasteiger partial charge in [0, 0.05) is 24.5 Å². The lowest BCUT2D eigenvalue weighted by Crippen LogP contribution is -2.32. The molecule has 0 unspecified atom stereocenters. The van der Waals surface area contributed by atoms with Gasteiger partial charge in [0.05, 0.1) is 18.6 Å². The highest BCUT2D eigenvalue weighted by Gasteiger charge is 2.22. The van der Waals surface area contributed by atoms with Crippen molar-refractivity contribution in [1.82, 2.24) is 15.3 Å². The molecular formula is C21H23N3O5S. The summed E-state index contributed by atoms with van der Waals surface area (Å²) in [4.78, 5) is 20.4. The number of pyridine rings is 1. The van der Waals surface area contributed by atoms with Gasteiger partial charge in [-0.15, -0.1) is 0 Å². The number of carbonyl (C=O) groups is 1. The molecule has 0 saturated heterocycles. The average Bonchev–Trinajstić information content (AvgIpc) is 3.08. The predicted octanol–water partition coefficient (Wildman–Crippen LogP) is 2.33. The maximum atomic E-state index is 12.5. The lowest BCUT2D eigenvalue weighted by atomic mass is 10.2. The van der Waals surface area contributed by atoms with Crippen molar-refractivity contribution in [2.45, 2.75) is 19.1 Å². The normalized spacial score (nSPS) is 11.3. The van der Waals surface area contributed by atoms with E-state index in [4.69, 9.17) is 9.15 Å². The molecule has 1 N–H and O–H groups in total. The van der Waals surface area contributed by atoms with Gasteiger partial charge in [0.2, 0.25) is 11.8 Å². The second kappa shape index (κ2) is 9.53. The van der Waals surface area contributed by atoms with Crippen molar-refractivity contribution in [3.05, 3.63) is 65.8 Å². The molecule has 0 bridgehead atoms. The summed E-state index contributed by atoms with van der Waals surface area (Å²) >= 11 is 0. The van der Waals surface area contributed by atoms with Crippen LogP contribution in [0.3, 0.4) is 0 Å². The first-order valence-electron chi connectivity index (χ1n) is 9.33. The minimum Gasteiger partial charge on any atom is -0.497 e. The van der Waals surface area contributed by atoms with Gasteiger partial charge in [0.15, 0.2) is 9.84 Å². The van der Waals surface area contributed by atoms with Gasteiger partial charge < -0.3 is 14.5 Å². The number of rotatable bonds is 9. The fourth-order valence-electron chi connectivity index (χ4n) is 2.82. The van der Waals surface area contributed by atoms with Crippen molar-refractivity contribution in [2.24, 2.45) is 0 Å². The Bertz CT molecular complexity index is 1090. The number of aryl methyl sites for hydroxylation is 1. The van der Waals surface area contributed by atoms with Crippen LogP contribution >= 0.6 is 0 Å². The molecular weight excluding hydrogens is 406 g/mol. The van der Waals surface area contributed by atoms with Gasteiger partial charge in [0.1, 0.15) is 17.3 Å². The van der Waals surface area contributed by atoms with Crippen molar-refractivity contribution in [1.29, 1.82) is 0 Å². The summed E-state index contributed by atoms with van der Waals surface area (Å²) in [5, 5.41) is 2.63. The van der Waals surface area contributed by atoms with Crippen LogP contribution in [0.5, 0.6) is 5.75 Å². The lowest BCUT2D eigenvalue weighted by Gasteiger charge is -2.06. The Labute approximate surface area is 175 Å². The number of methoxy groups -OCH3 is 1. The summed E-state index contributed by atoms with van der Waals surface area (Å²) in [6, 6.07) is 10.8. The zero-order chi connectivity index (χ0) is 21.6. The van der Waals surface area contributed by atoms with Crippen LogP contribution in [-0.4, -0.2) is 43.7 Å². The number of oxazole rings is 1. The highest BCUT2D eigenvalue weighted by molar-refractivity contribution is 7.91. The summed E-state index contributed by atoms with van der Waals surface area (Å²) in [5.41, 5.74) is 1.96. The van der Waals surface area contributed by atoms with Crippen molar-refractivity contribution < 1.29 is 22.4 Å². The summed E-state index contributed by atoms with van der Waals surface area (Å²) in [7, 11) is -2.13. The number of amides is 1. The first-order valence-corrected chi connectivity index (χ1v) is 11.2. The van der Waals surface area contributed by atoms with E-state index in [9.17, 15) is 13.2 Å². The first kappa shape index (κ1) is 21.5. The van der Waals surface area contributed by atoms with Gasteiger partial charge in [-0.25, -0.2) is 13.4 Å². The van der Waals surface area contributed by atoms with Crippen LogP contribution in [0.2, 0.25) is 0 Å². The molecule has 2 heterocycles. The Morgan fingerprint density at radius 3 is 2.63 bits per heavy atom. The fraction of sp³-hybridized carbons (Fsp3) is 0.286. The van der Waals surface area contributed by atoms with Gasteiger partial charge in [-0.05, 0) is 49.2 Å². The van der Waals surface area contributed by atoms with Gasteiger partial charge >= 0.3 is 0 Å². The van der Waals surface area contributed by atoms with Gasteiger partial charge in [-0.1, -0.05) is 6.07 Å². The Balaban J connectivity index is 1.57. The van der Waals surface area contributed by atoms with Crippen molar-refractivity contribution >= 4 is 15.7 Å². The zero-order valence-electron chi connectivity index (χ0n) is 16.8. The zero-order valence-corrected chi connectivity index (χ0v) is 17.6. The summed E-state index contributed by atoms with van der Waals surface area (Å²) in [5.74, 6) is -0.101. The molecule has 0 aliphatic rings. The van der Waals surface area contributed by atoms with E-state index < -0.39 is 21.5 Å². The third kappa shape index (κ3) is 5.90. The molecule has 3 rings (SSSR count). The SMILES string of the molecule is COc1ccc(-c2nc(CS(=O)(=O)CC(=O)NCCc3cccnc3)c(C)o2)cc1. The number of ether oxygens (including phenoxy) is 1. The van der Waals surface area contributed by atoms with Crippen LogP contribution in [0, 0.1) is 6.92 Å². The van der Waals surface area contributed by atoms with Crippen LogP contribution in [0.15, 0.2) is 53.2 Å². The summed E-state index contributed by atoms with van der Waals surface area (Å²) in [6.45, 7) is 1.99. The Morgan fingerprint density at radius 2 is 1.97 bits per heavy atom. The topological polar surface area (TPSA) is 111 Å². The molecule has 0 atom stereocenters. The van der Waals surface area contributed by atoms with E-state index in [1.54, 1.807) is 50.7 Å². The Kier molecular flexibility index (Phi) is 6.83. The lowest BCUT2D eigenvalue weighted by molar-refractivity contribution is -0.118. The molecule has 1 aromatic carbocycles. The monoisotopic (exact) mass is 429 g/mol. The molecule has 0 aliphatic heterocycles. The number of aromatic nitrogens is 2. The number of hydrogen-bond donors (Lipinski definition) is 1. The Morgan fingerprint density at radius 1 is 1.20 bits per heavy atom. The molecule has 0 saturated carbocycles. The molecule has 1 amide bonds. The molecule has 30 heavy (non-hydrogen) atoms. The van der Waals surface area contributed by atoms with Gasteiger partial charge in [-0.3, -0.25) is 9.78 Å². The van der Waals surface area contributed by atoms with E-state index in [0.717, 1.165) is 5.56 Å². The van der Waals surface area contributed by atoms with E-state index in [0.29, 0.717) is 41.6 Å². The van der Waals surface area contributed by atoms with Crippen molar-refractivity contribution in [2.75, 3.05) is 19.4 Å². The molecule has 9 heteroatoms. The molecule has 0 spiro atoms. The molecule has 0 fully saturated rings. The number of carbonyl (C=O) groups excluding carboxylic acids is 1.